The van der Waals surface area contributed by atoms with Gasteiger partial charge < -0.3 is 10.6 Å². The molecular weight excluding hydrogens is 409 g/mol. The summed E-state index contributed by atoms with van der Waals surface area (Å²) in [6.45, 7) is 3.94. The summed E-state index contributed by atoms with van der Waals surface area (Å²) in [6.07, 6.45) is 0. The molecule has 0 spiro atoms. The minimum absolute atomic E-state index is 0.0107. The Labute approximate surface area is 173 Å². The van der Waals surface area contributed by atoms with Gasteiger partial charge in [0.25, 0.3) is 0 Å². The van der Waals surface area contributed by atoms with Gasteiger partial charge in [-0.2, -0.15) is 0 Å². The van der Waals surface area contributed by atoms with Crippen LogP contribution in [0.15, 0.2) is 30.3 Å². The number of hydrogen-bond donors (Lipinski definition) is 2. The van der Waals surface area contributed by atoms with E-state index in [2.05, 4.69) is 10.6 Å². The maximum Gasteiger partial charge on any atom is 0.238 e. The van der Waals surface area contributed by atoms with Crippen molar-refractivity contribution in [3.8, 4) is 0 Å². The van der Waals surface area contributed by atoms with E-state index in [0.717, 1.165) is 16.8 Å². The smallest absolute Gasteiger partial charge is 0.238 e. The van der Waals surface area contributed by atoms with Crippen molar-refractivity contribution in [3.63, 3.8) is 0 Å². The third-order valence-electron chi connectivity index (χ3n) is 3.86. The largest absolute Gasteiger partial charge is 0.324 e. The number of aryl methyl sites for hydroxylation is 2. The summed E-state index contributed by atoms with van der Waals surface area (Å²) in [5.74, 6) is -0.520. The van der Waals surface area contributed by atoms with Gasteiger partial charge in [0.15, 0.2) is 0 Å². The summed E-state index contributed by atoms with van der Waals surface area (Å²) in [5, 5.41) is 6.43. The Balaban J connectivity index is 1.91. The quantitative estimate of drug-likeness (QED) is 0.651. The fourth-order valence-corrected chi connectivity index (χ4v) is 3.14. The number of carbonyl (C=O) groups excluding carboxylic acids is 2. The van der Waals surface area contributed by atoms with Gasteiger partial charge in [-0.25, -0.2) is 0 Å². The van der Waals surface area contributed by atoms with Crippen LogP contribution in [0.2, 0.25) is 15.1 Å². The Morgan fingerprint density at radius 1 is 0.889 bits per heavy atom. The zero-order valence-corrected chi connectivity index (χ0v) is 17.5. The van der Waals surface area contributed by atoms with E-state index in [0.29, 0.717) is 10.7 Å². The first-order valence-electron chi connectivity index (χ1n) is 8.16. The molecule has 2 aromatic carbocycles. The van der Waals surface area contributed by atoms with Gasteiger partial charge in [0.2, 0.25) is 11.8 Å². The molecule has 2 rings (SSSR count). The summed E-state index contributed by atoms with van der Waals surface area (Å²) in [7, 11) is 1.68. The van der Waals surface area contributed by atoms with Crippen LogP contribution in [0, 0.1) is 13.8 Å². The lowest BCUT2D eigenvalue weighted by atomic mass is 10.1. The maximum atomic E-state index is 12.3. The molecule has 0 aliphatic carbocycles. The molecule has 0 saturated heterocycles. The molecule has 144 valence electrons. The number of amides is 2. The number of anilines is 2. The summed E-state index contributed by atoms with van der Waals surface area (Å²) < 4.78 is 0. The maximum absolute atomic E-state index is 12.3. The second-order valence-corrected chi connectivity index (χ2v) is 7.50. The summed E-state index contributed by atoms with van der Waals surface area (Å²) >= 11 is 17.9. The normalized spacial score (nSPS) is 10.8. The summed E-state index contributed by atoms with van der Waals surface area (Å²) in [4.78, 5) is 26.1. The molecule has 2 amide bonds. The summed E-state index contributed by atoms with van der Waals surface area (Å²) in [6, 6.07) is 8.74. The number of likely N-dealkylation sites (N-methyl/N-ethyl adjacent to an activating group) is 1. The number of nitrogens with one attached hydrogen (secondary N) is 2. The van der Waals surface area contributed by atoms with Crippen molar-refractivity contribution < 1.29 is 9.59 Å². The van der Waals surface area contributed by atoms with Crippen molar-refractivity contribution in [3.05, 3.63) is 56.5 Å². The SMILES string of the molecule is Cc1cccc(C)c1NC(=O)CN(C)CC(=O)Nc1cc(Cl)c(Cl)cc1Cl. The average Bonchev–Trinajstić information content (AvgIpc) is 2.56. The van der Waals surface area contributed by atoms with Gasteiger partial charge in [-0.1, -0.05) is 53.0 Å². The second-order valence-electron chi connectivity index (χ2n) is 6.28. The molecule has 8 heteroatoms. The van der Waals surface area contributed by atoms with Crippen molar-refractivity contribution in [1.29, 1.82) is 0 Å². The third-order valence-corrected chi connectivity index (χ3v) is 4.89. The van der Waals surface area contributed by atoms with Crippen molar-refractivity contribution in [2.24, 2.45) is 0 Å². The Morgan fingerprint density at radius 2 is 1.41 bits per heavy atom. The number of rotatable bonds is 6. The van der Waals surface area contributed by atoms with Crippen molar-refractivity contribution >= 4 is 58.0 Å². The molecule has 0 aliphatic rings. The van der Waals surface area contributed by atoms with E-state index in [1.807, 2.05) is 32.0 Å². The van der Waals surface area contributed by atoms with Crippen LogP contribution in [-0.4, -0.2) is 36.9 Å². The molecule has 2 aromatic rings. The number of carbonyl (C=O) groups is 2. The van der Waals surface area contributed by atoms with Crippen molar-refractivity contribution in [2.45, 2.75) is 13.8 Å². The highest BCUT2D eigenvalue weighted by atomic mass is 35.5. The van der Waals surface area contributed by atoms with Crippen molar-refractivity contribution in [2.75, 3.05) is 30.8 Å². The van der Waals surface area contributed by atoms with E-state index >= 15 is 0 Å². The number of halogens is 3. The zero-order valence-electron chi connectivity index (χ0n) is 15.2. The first-order valence-corrected chi connectivity index (χ1v) is 9.29. The monoisotopic (exact) mass is 427 g/mol. The Bertz CT molecular complexity index is 851. The van der Waals surface area contributed by atoms with E-state index < -0.39 is 0 Å². The van der Waals surface area contributed by atoms with Crippen LogP contribution >= 0.6 is 34.8 Å². The number of benzene rings is 2. The lowest BCUT2D eigenvalue weighted by Crippen LogP contribution is -2.36. The average molecular weight is 429 g/mol. The first kappa shape index (κ1) is 21.5. The highest BCUT2D eigenvalue weighted by Crippen LogP contribution is 2.32. The molecule has 27 heavy (non-hydrogen) atoms. The van der Waals surface area contributed by atoms with E-state index in [9.17, 15) is 9.59 Å². The fraction of sp³-hybridized carbons (Fsp3) is 0.263. The topological polar surface area (TPSA) is 61.4 Å². The van der Waals surface area contributed by atoms with Crippen LogP contribution in [0.4, 0.5) is 11.4 Å². The molecule has 0 fully saturated rings. The van der Waals surface area contributed by atoms with Crippen LogP contribution < -0.4 is 10.6 Å². The lowest BCUT2D eigenvalue weighted by Gasteiger charge is -2.18. The van der Waals surface area contributed by atoms with E-state index in [1.165, 1.54) is 12.1 Å². The fourth-order valence-electron chi connectivity index (χ4n) is 2.54. The lowest BCUT2D eigenvalue weighted by molar-refractivity contribution is -0.119. The number of hydrogen-bond acceptors (Lipinski definition) is 3. The van der Waals surface area contributed by atoms with Gasteiger partial charge in [-0.05, 0) is 44.2 Å². The zero-order chi connectivity index (χ0) is 20.1. The molecule has 0 aliphatic heterocycles. The summed E-state index contributed by atoms with van der Waals surface area (Å²) in [5.41, 5.74) is 3.13. The highest BCUT2D eigenvalue weighted by Gasteiger charge is 2.14. The van der Waals surface area contributed by atoms with Crippen LogP contribution in [-0.2, 0) is 9.59 Å². The molecule has 2 N–H and O–H groups in total. The molecule has 0 atom stereocenters. The van der Waals surface area contributed by atoms with E-state index in [4.69, 9.17) is 34.8 Å². The standard InChI is InChI=1S/C19H20Cl3N3O2/c1-11-5-4-6-12(2)19(11)24-18(27)10-25(3)9-17(26)23-16-8-14(21)13(20)7-15(16)22/h4-8H,9-10H2,1-3H3,(H,23,26)(H,24,27). The van der Waals surface area contributed by atoms with Gasteiger partial charge in [0.1, 0.15) is 0 Å². The molecular formula is C19H20Cl3N3O2. The van der Waals surface area contributed by atoms with E-state index in [1.54, 1.807) is 11.9 Å². The molecule has 5 nitrogen and oxygen atoms in total. The third kappa shape index (κ3) is 6.11. The van der Waals surface area contributed by atoms with Gasteiger partial charge in [0, 0.05) is 5.69 Å². The van der Waals surface area contributed by atoms with Crippen LogP contribution in [0.3, 0.4) is 0 Å². The van der Waals surface area contributed by atoms with Crippen LogP contribution in [0.25, 0.3) is 0 Å². The van der Waals surface area contributed by atoms with Crippen molar-refractivity contribution in [1.82, 2.24) is 4.90 Å². The second kappa shape index (κ2) is 9.42. The predicted molar refractivity (Wildman–Crippen MR) is 112 cm³/mol. The minimum Gasteiger partial charge on any atom is -0.324 e. The molecule has 0 aromatic heterocycles. The molecule has 0 unspecified atom stereocenters. The van der Waals surface area contributed by atoms with Gasteiger partial charge in [0.05, 0.1) is 33.8 Å². The van der Waals surface area contributed by atoms with Gasteiger partial charge >= 0.3 is 0 Å². The van der Waals surface area contributed by atoms with Crippen LogP contribution in [0.1, 0.15) is 11.1 Å². The van der Waals surface area contributed by atoms with Gasteiger partial charge in [-0.15, -0.1) is 0 Å². The number of para-hydroxylation sites is 1. The van der Waals surface area contributed by atoms with E-state index in [-0.39, 0.29) is 34.9 Å². The molecule has 0 heterocycles. The Morgan fingerprint density at radius 3 is 2.00 bits per heavy atom. The number of nitrogens with zero attached hydrogens (tertiary/aromatic N) is 1. The van der Waals surface area contributed by atoms with Crippen LogP contribution in [0.5, 0.6) is 0 Å². The highest BCUT2D eigenvalue weighted by molar-refractivity contribution is 6.44. The predicted octanol–water partition coefficient (Wildman–Crippen LogP) is 4.77. The molecule has 0 saturated carbocycles. The first-order chi connectivity index (χ1) is 12.7. The Hall–Kier alpha value is -1.79. The minimum atomic E-state index is -0.322. The molecule has 0 bridgehead atoms. The molecule has 0 radical (unpaired) electrons. The Kier molecular flexibility index (Phi) is 7.50. The van der Waals surface area contributed by atoms with Gasteiger partial charge in [-0.3, -0.25) is 14.5 Å².